The fourth-order valence-electron chi connectivity index (χ4n) is 2.27. The minimum atomic E-state index is 0.589. The Bertz CT molecular complexity index is 539. The molecule has 0 N–H and O–H groups in total. The number of rotatable bonds is 6. The lowest BCUT2D eigenvalue weighted by molar-refractivity contribution is 0.306. The van der Waals surface area contributed by atoms with E-state index in [-0.39, 0.29) is 0 Å². The van der Waals surface area contributed by atoms with Gasteiger partial charge in [0.05, 0.1) is 7.11 Å². The molecule has 0 atom stereocenters. The number of hydrogen-bond acceptors (Lipinski definition) is 2. The second-order valence-electron chi connectivity index (χ2n) is 5.43. The highest BCUT2D eigenvalue weighted by Crippen LogP contribution is 2.32. The third kappa shape index (κ3) is 3.53. The highest BCUT2D eigenvalue weighted by atomic mass is 16.5. The lowest BCUT2D eigenvalue weighted by Gasteiger charge is -2.08. The van der Waals surface area contributed by atoms with Crippen LogP contribution >= 0.6 is 0 Å². The summed E-state index contributed by atoms with van der Waals surface area (Å²) in [5.41, 5.74) is 2.57. The molecule has 0 spiro atoms. The molecule has 1 saturated carbocycles. The fraction of sp³-hybridized carbons (Fsp3) is 0.333. The van der Waals surface area contributed by atoms with Crippen LogP contribution in [0.5, 0.6) is 11.5 Å². The third-order valence-corrected chi connectivity index (χ3v) is 3.71. The quantitative estimate of drug-likeness (QED) is 0.780. The molecular weight excluding hydrogens is 248 g/mol. The molecule has 104 valence electrons. The van der Waals surface area contributed by atoms with E-state index in [0.717, 1.165) is 23.0 Å². The van der Waals surface area contributed by atoms with Gasteiger partial charge in [-0.05, 0) is 60.6 Å². The van der Waals surface area contributed by atoms with Crippen molar-refractivity contribution in [2.24, 2.45) is 5.92 Å². The molecule has 0 heterocycles. The summed E-state index contributed by atoms with van der Waals surface area (Å²) in [5, 5.41) is 0. The lowest BCUT2D eigenvalue weighted by Crippen LogP contribution is -1.96. The van der Waals surface area contributed by atoms with Crippen LogP contribution in [0, 0.1) is 5.92 Å². The minimum absolute atomic E-state index is 0.589. The Balaban J connectivity index is 1.53. The van der Waals surface area contributed by atoms with E-state index in [9.17, 15) is 0 Å². The van der Waals surface area contributed by atoms with Gasteiger partial charge in [0.15, 0.2) is 0 Å². The standard InChI is InChI=1S/C18H20O2/c1-19-17-8-6-16(7-9-17)13-20-18-10-4-15(5-11-18)12-14-2-3-14/h4-11,14H,2-3,12-13H2,1H3. The van der Waals surface area contributed by atoms with Crippen molar-refractivity contribution in [3.8, 4) is 11.5 Å². The number of hydrogen-bond donors (Lipinski definition) is 0. The largest absolute Gasteiger partial charge is 0.497 e. The zero-order valence-electron chi connectivity index (χ0n) is 11.8. The van der Waals surface area contributed by atoms with Crippen LogP contribution < -0.4 is 9.47 Å². The van der Waals surface area contributed by atoms with Crippen molar-refractivity contribution in [2.45, 2.75) is 25.9 Å². The molecule has 0 aromatic heterocycles. The van der Waals surface area contributed by atoms with Crippen LogP contribution in [-0.2, 0) is 13.0 Å². The van der Waals surface area contributed by atoms with Crippen molar-refractivity contribution in [1.29, 1.82) is 0 Å². The average molecular weight is 268 g/mol. The van der Waals surface area contributed by atoms with E-state index >= 15 is 0 Å². The SMILES string of the molecule is COc1ccc(COc2ccc(CC3CC3)cc2)cc1. The first-order valence-corrected chi connectivity index (χ1v) is 7.18. The molecule has 20 heavy (non-hydrogen) atoms. The summed E-state index contributed by atoms with van der Waals surface area (Å²) >= 11 is 0. The first-order chi connectivity index (χ1) is 9.83. The highest BCUT2D eigenvalue weighted by Gasteiger charge is 2.21. The second-order valence-corrected chi connectivity index (χ2v) is 5.43. The van der Waals surface area contributed by atoms with Crippen LogP contribution in [0.4, 0.5) is 0 Å². The van der Waals surface area contributed by atoms with E-state index in [1.165, 1.54) is 24.8 Å². The summed E-state index contributed by atoms with van der Waals surface area (Å²) in [4.78, 5) is 0. The van der Waals surface area contributed by atoms with Gasteiger partial charge in [-0.25, -0.2) is 0 Å². The van der Waals surface area contributed by atoms with Gasteiger partial charge in [0.1, 0.15) is 18.1 Å². The first kappa shape index (κ1) is 13.0. The van der Waals surface area contributed by atoms with Gasteiger partial charge in [-0.2, -0.15) is 0 Å². The van der Waals surface area contributed by atoms with E-state index < -0.39 is 0 Å². The van der Waals surface area contributed by atoms with Crippen LogP contribution in [0.2, 0.25) is 0 Å². The van der Waals surface area contributed by atoms with E-state index in [1.807, 2.05) is 24.3 Å². The van der Waals surface area contributed by atoms with Crippen LogP contribution in [0.1, 0.15) is 24.0 Å². The van der Waals surface area contributed by atoms with Crippen molar-refractivity contribution in [1.82, 2.24) is 0 Å². The van der Waals surface area contributed by atoms with Crippen LogP contribution in [0.3, 0.4) is 0 Å². The third-order valence-electron chi connectivity index (χ3n) is 3.71. The van der Waals surface area contributed by atoms with Gasteiger partial charge in [-0.3, -0.25) is 0 Å². The van der Waals surface area contributed by atoms with Crippen molar-refractivity contribution < 1.29 is 9.47 Å². The zero-order chi connectivity index (χ0) is 13.8. The van der Waals surface area contributed by atoms with Gasteiger partial charge in [0.25, 0.3) is 0 Å². The molecular formula is C18H20O2. The van der Waals surface area contributed by atoms with Crippen molar-refractivity contribution in [2.75, 3.05) is 7.11 Å². The maximum Gasteiger partial charge on any atom is 0.119 e. The summed E-state index contributed by atoms with van der Waals surface area (Å²) in [7, 11) is 1.68. The normalized spacial score (nSPS) is 14.1. The Labute approximate surface area is 120 Å². The van der Waals surface area contributed by atoms with Crippen molar-refractivity contribution in [3.63, 3.8) is 0 Å². The molecule has 1 fully saturated rings. The minimum Gasteiger partial charge on any atom is -0.497 e. The first-order valence-electron chi connectivity index (χ1n) is 7.18. The van der Waals surface area contributed by atoms with Gasteiger partial charge in [0, 0.05) is 0 Å². The molecule has 0 aliphatic heterocycles. The smallest absolute Gasteiger partial charge is 0.119 e. The maximum absolute atomic E-state index is 5.80. The summed E-state index contributed by atoms with van der Waals surface area (Å²) < 4.78 is 10.9. The van der Waals surface area contributed by atoms with Crippen LogP contribution in [-0.4, -0.2) is 7.11 Å². The Morgan fingerprint density at radius 2 is 1.45 bits per heavy atom. The van der Waals surface area contributed by atoms with Gasteiger partial charge in [-0.15, -0.1) is 0 Å². The molecule has 2 heteroatoms. The molecule has 0 amide bonds. The van der Waals surface area contributed by atoms with Gasteiger partial charge in [0.2, 0.25) is 0 Å². The summed E-state index contributed by atoms with van der Waals surface area (Å²) in [5.74, 6) is 2.74. The molecule has 2 aromatic carbocycles. The monoisotopic (exact) mass is 268 g/mol. The summed E-state index contributed by atoms with van der Waals surface area (Å²) in [6, 6.07) is 16.5. The topological polar surface area (TPSA) is 18.5 Å². The van der Waals surface area contributed by atoms with E-state index in [4.69, 9.17) is 9.47 Å². The molecule has 1 aliphatic carbocycles. The molecule has 3 rings (SSSR count). The van der Waals surface area contributed by atoms with E-state index in [1.54, 1.807) is 7.11 Å². The van der Waals surface area contributed by atoms with Crippen LogP contribution in [0.25, 0.3) is 0 Å². The maximum atomic E-state index is 5.80. The predicted molar refractivity (Wildman–Crippen MR) is 80.2 cm³/mol. The van der Waals surface area contributed by atoms with Crippen molar-refractivity contribution in [3.05, 3.63) is 59.7 Å². The molecule has 0 radical (unpaired) electrons. The van der Waals surface area contributed by atoms with Gasteiger partial charge >= 0.3 is 0 Å². The second kappa shape index (κ2) is 6.00. The van der Waals surface area contributed by atoms with E-state index in [2.05, 4.69) is 24.3 Å². The summed E-state index contributed by atoms with van der Waals surface area (Å²) in [6.45, 7) is 0.589. The fourth-order valence-corrected chi connectivity index (χ4v) is 2.27. The molecule has 0 unspecified atom stereocenters. The highest BCUT2D eigenvalue weighted by molar-refractivity contribution is 5.30. The average Bonchev–Trinajstić information content (AvgIpc) is 3.31. The number of benzene rings is 2. The Hall–Kier alpha value is -1.96. The molecule has 2 aromatic rings. The number of ether oxygens (including phenoxy) is 2. The zero-order valence-corrected chi connectivity index (χ0v) is 11.8. The van der Waals surface area contributed by atoms with Crippen molar-refractivity contribution >= 4 is 0 Å². The van der Waals surface area contributed by atoms with Crippen LogP contribution in [0.15, 0.2) is 48.5 Å². The van der Waals surface area contributed by atoms with Gasteiger partial charge in [-0.1, -0.05) is 24.3 Å². The predicted octanol–water partition coefficient (Wildman–Crippen LogP) is 4.23. The lowest BCUT2D eigenvalue weighted by atomic mass is 10.1. The molecule has 1 aliphatic rings. The Morgan fingerprint density at radius 3 is 2.05 bits per heavy atom. The number of methoxy groups -OCH3 is 1. The van der Waals surface area contributed by atoms with E-state index in [0.29, 0.717) is 6.61 Å². The van der Waals surface area contributed by atoms with Gasteiger partial charge < -0.3 is 9.47 Å². The molecule has 0 saturated heterocycles. The molecule has 0 bridgehead atoms. The Kier molecular flexibility index (Phi) is 3.91. The molecule has 2 nitrogen and oxygen atoms in total. The summed E-state index contributed by atoms with van der Waals surface area (Å²) in [6.07, 6.45) is 4.02. The Morgan fingerprint density at radius 1 is 0.850 bits per heavy atom.